The number of hydrogen-bond donors (Lipinski definition) is 1. The zero-order valence-electron chi connectivity index (χ0n) is 17.0. The summed E-state index contributed by atoms with van der Waals surface area (Å²) in [6, 6.07) is 8.28. The van der Waals surface area contributed by atoms with Gasteiger partial charge in [0.15, 0.2) is 5.79 Å². The van der Waals surface area contributed by atoms with Gasteiger partial charge in [-0.15, -0.1) is 0 Å². The highest BCUT2D eigenvalue weighted by atomic mass is 16.7. The van der Waals surface area contributed by atoms with Crippen LogP contribution in [0.15, 0.2) is 24.3 Å². The molecule has 1 aromatic carbocycles. The Hall–Kier alpha value is -1.63. The zero-order chi connectivity index (χ0) is 19.4. The van der Waals surface area contributed by atoms with Crippen LogP contribution in [-0.2, 0) is 14.3 Å². The quantitative estimate of drug-likeness (QED) is 0.841. The van der Waals surface area contributed by atoms with E-state index in [-0.39, 0.29) is 11.7 Å². The first-order chi connectivity index (χ1) is 13.6. The Morgan fingerprint density at radius 3 is 2.36 bits per heavy atom. The van der Waals surface area contributed by atoms with Crippen LogP contribution in [0.1, 0.15) is 39.0 Å². The molecule has 0 bridgehead atoms. The molecule has 1 N–H and O–H groups in total. The molecule has 1 amide bonds. The molecule has 6 nitrogen and oxygen atoms in total. The molecule has 6 heteroatoms. The Bertz CT molecular complexity index is 639. The van der Waals surface area contributed by atoms with Crippen molar-refractivity contribution < 1.29 is 14.3 Å². The van der Waals surface area contributed by atoms with E-state index in [2.05, 4.69) is 34.2 Å². The molecule has 0 atom stereocenters. The average Bonchev–Trinajstić information content (AvgIpc) is 3.17. The lowest BCUT2D eigenvalue weighted by molar-refractivity contribution is -0.185. The van der Waals surface area contributed by atoms with Crippen molar-refractivity contribution in [3.63, 3.8) is 0 Å². The Morgan fingerprint density at radius 1 is 1.07 bits per heavy atom. The second-order valence-electron chi connectivity index (χ2n) is 8.46. The zero-order valence-corrected chi connectivity index (χ0v) is 17.0. The number of nitrogens with zero attached hydrogens (tertiary/aromatic N) is 2. The van der Waals surface area contributed by atoms with E-state index in [1.165, 1.54) is 18.5 Å². The van der Waals surface area contributed by atoms with E-state index in [0.29, 0.717) is 19.6 Å². The lowest BCUT2D eigenvalue weighted by atomic mass is 9.99. The molecule has 0 aromatic heterocycles. The highest BCUT2D eigenvalue weighted by Crippen LogP contribution is 2.31. The van der Waals surface area contributed by atoms with Crippen molar-refractivity contribution in [1.82, 2.24) is 4.90 Å². The number of likely N-dealkylation sites (tertiary alicyclic amines) is 1. The van der Waals surface area contributed by atoms with E-state index in [4.69, 9.17) is 9.47 Å². The van der Waals surface area contributed by atoms with Crippen molar-refractivity contribution >= 4 is 17.3 Å². The largest absolute Gasteiger partial charge is 0.372 e. The molecule has 0 aliphatic carbocycles. The van der Waals surface area contributed by atoms with Gasteiger partial charge < -0.3 is 24.6 Å². The summed E-state index contributed by atoms with van der Waals surface area (Å²) in [5, 5.41) is 3.03. The van der Waals surface area contributed by atoms with Gasteiger partial charge in [-0.2, -0.15) is 0 Å². The summed E-state index contributed by atoms with van der Waals surface area (Å²) in [5.74, 6) is 0.569. The molecule has 3 saturated heterocycles. The topological polar surface area (TPSA) is 54.0 Å². The van der Waals surface area contributed by atoms with Crippen LogP contribution in [-0.4, -0.2) is 62.5 Å². The fraction of sp³-hybridized carbons (Fsp3) is 0.682. The number of benzene rings is 1. The molecule has 1 aromatic rings. The van der Waals surface area contributed by atoms with Crippen LogP contribution in [0.2, 0.25) is 0 Å². The van der Waals surface area contributed by atoms with E-state index >= 15 is 0 Å². The molecular weight excluding hydrogens is 354 g/mol. The molecule has 3 heterocycles. The number of anilines is 2. The van der Waals surface area contributed by atoms with Gasteiger partial charge in [-0.05, 0) is 43.0 Å². The predicted octanol–water partition coefficient (Wildman–Crippen LogP) is 3.09. The Balaban J connectivity index is 1.19. The summed E-state index contributed by atoms with van der Waals surface area (Å²) in [6.07, 6.45) is 4.82. The average molecular weight is 388 g/mol. The van der Waals surface area contributed by atoms with Crippen LogP contribution in [0.25, 0.3) is 0 Å². The maximum Gasteiger partial charge on any atom is 0.225 e. The molecule has 154 valence electrons. The van der Waals surface area contributed by atoms with Gasteiger partial charge in [0, 0.05) is 63.4 Å². The Labute approximate surface area is 168 Å². The monoisotopic (exact) mass is 387 g/mol. The molecular formula is C22H33N3O3. The number of carbonyl (C=O) groups is 1. The lowest BCUT2D eigenvalue weighted by Gasteiger charge is -2.37. The van der Waals surface area contributed by atoms with Gasteiger partial charge in [-0.25, -0.2) is 0 Å². The third-order valence-electron chi connectivity index (χ3n) is 6.39. The molecule has 3 aliphatic heterocycles. The normalized spacial score (nSPS) is 23.2. The minimum atomic E-state index is -0.340. The summed E-state index contributed by atoms with van der Waals surface area (Å²) < 4.78 is 11.5. The fourth-order valence-corrected chi connectivity index (χ4v) is 4.41. The molecule has 3 aliphatic rings. The number of nitrogens with one attached hydrogen (secondary N) is 1. The van der Waals surface area contributed by atoms with Gasteiger partial charge in [0.2, 0.25) is 5.91 Å². The highest BCUT2D eigenvalue weighted by Gasteiger charge is 2.39. The van der Waals surface area contributed by atoms with Gasteiger partial charge in [-0.3, -0.25) is 4.79 Å². The molecule has 0 saturated carbocycles. The first-order valence-electron chi connectivity index (χ1n) is 10.8. The van der Waals surface area contributed by atoms with Crippen molar-refractivity contribution in [2.24, 2.45) is 5.92 Å². The molecule has 1 spiro atoms. The smallest absolute Gasteiger partial charge is 0.225 e. The van der Waals surface area contributed by atoms with Crippen LogP contribution < -0.4 is 10.2 Å². The summed E-state index contributed by atoms with van der Waals surface area (Å²) in [5.41, 5.74) is 2.13. The summed E-state index contributed by atoms with van der Waals surface area (Å²) in [7, 11) is 0. The predicted molar refractivity (Wildman–Crippen MR) is 111 cm³/mol. The first-order valence-corrected chi connectivity index (χ1v) is 10.8. The van der Waals surface area contributed by atoms with Gasteiger partial charge in [0.25, 0.3) is 0 Å². The fourth-order valence-electron chi connectivity index (χ4n) is 4.41. The van der Waals surface area contributed by atoms with Crippen molar-refractivity contribution in [3.05, 3.63) is 24.3 Å². The second kappa shape index (κ2) is 8.80. The van der Waals surface area contributed by atoms with Crippen LogP contribution in [0, 0.1) is 5.92 Å². The van der Waals surface area contributed by atoms with Gasteiger partial charge in [0.05, 0.1) is 13.2 Å². The molecule has 3 fully saturated rings. The summed E-state index contributed by atoms with van der Waals surface area (Å²) in [4.78, 5) is 17.1. The number of ether oxygens (including phenoxy) is 2. The molecule has 0 unspecified atom stereocenters. The SMILES string of the molecule is CC1CCN(c2ccc(NC(=O)CCN3CCC4(CC3)OCCO4)cc2)CC1. The molecule has 28 heavy (non-hydrogen) atoms. The number of rotatable bonds is 5. The number of amides is 1. The summed E-state index contributed by atoms with van der Waals surface area (Å²) >= 11 is 0. The van der Waals surface area contributed by atoms with Crippen LogP contribution in [0.4, 0.5) is 11.4 Å². The van der Waals surface area contributed by atoms with Crippen molar-refractivity contribution in [1.29, 1.82) is 0 Å². The minimum absolute atomic E-state index is 0.0770. The van der Waals surface area contributed by atoms with Crippen molar-refractivity contribution in [2.75, 3.05) is 56.2 Å². The molecule has 4 rings (SSSR count). The maximum atomic E-state index is 12.3. The van der Waals surface area contributed by atoms with Crippen molar-refractivity contribution in [3.8, 4) is 0 Å². The number of piperidine rings is 2. The lowest BCUT2D eigenvalue weighted by Crippen LogP contribution is -2.45. The van der Waals surface area contributed by atoms with Crippen molar-refractivity contribution in [2.45, 2.75) is 44.8 Å². The van der Waals surface area contributed by atoms with Crippen LogP contribution >= 0.6 is 0 Å². The third-order valence-corrected chi connectivity index (χ3v) is 6.39. The van der Waals surface area contributed by atoms with Crippen LogP contribution in [0.3, 0.4) is 0 Å². The Morgan fingerprint density at radius 2 is 1.71 bits per heavy atom. The van der Waals surface area contributed by atoms with E-state index < -0.39 is 0 Å². The first kappa shape index (κ1) is 19.7. The highest BCUT2D eigenvalue weighted by molar-refractivity contribution is 5.91. The number of hydrogen-bond acceptors (Lipinski definition) is 5. The van der Waals surface area contributed by atoms with Gasteiger partial charge in [0.1, 0.15) is 0 Å². The Kier molecular flexibility index (Phi) is 6.19. The van der Waals surface area contributed by atoms with E-state index in [1.54, 1.807) is 0 Å². The number of carbonyl (C=O) groups excluding carboxylic acids is 1. The van der Waals surface area contributed by atoms with E-state index in [1.807, 2.05) is 12.1 Å². The standard InChI is InChI=1S/C22H33N3O3/c1-18-6-12-25(13-7-18)20-4-2-19(3-5-20)23-21(26)8-11-24-14-9-22(10-15-24)27-16-17-28-22/h2-5,18H,6-17H2,1H3,(H,23,26). The summed E-state index contributed by atoms with van der Waals surface area (Å²) in [6.45, 7) is 8.63. The minimum Gasteiger partial charge on any atom is -0.372 e. The molecule has 0 radical (unpaired) electrons. The van der Waals surface area contributed by atoms with Crippen LogP contribution in [0.5, 0.6) is 0 Å². The van der Waals surface area contributed by atoms with Gasteiger partial charge >= 0.3 is 0 Å². The second-order valence-corrected chi connectivity index (χ2v) is 8.46. The maximum absolute atomic E-state index is 12.3. The third kappa shape index (κ3) is 4.85. The van der Waals surface area contributed by atoms with E-state index in [0.717, 1.165) is 57.2 Å². The van der Waals surface area contributed by atoms with Gasteiger partial charge in [-0.1, -0.05) is 6.92 Å². The van der Waals surface area contributed by atoms with E-state index in [9.17, 15) is 4.79 Å².